The highest BCUT2D eigenvalue weighted by molar-refractivity contribution is 6.35. The third-order valence-corrected chi connectivity index (χ3v) is 5.06. The van der Waals surface area contributed by atoms with Crippen LogP contribution in [-0.2, 0) is 4.79 Å². The monoisotopic (exact) mass is 369 g/mol. The summed E-state index contributed by atoms with van der Waals surface area (Å²) in [4.78, 5) is 37.2. The average molecular weight is 370 g/mol. The zero-order valence-corrected chi connectivity index (χ0v) is 14.6. The van der Waals surface area contributed by atoms with Crippen molar-refractivity contribution in [3.05, 3.63) is 33.8 Å². The van der Waals surface area contributed by atoms with Crippen molar-refractivity contribution < 1.29 is 14.4 Å². The standard InChI is InChI=1S/C16H17Cl2N3O3/c1-9-2-4-16(5-3-9)14(23)21(15(24)19-16)20-13(22)10-6-11(17)8-12(18)7-10/h6-9H,2-5H2,1H3,(H,19,24)(H,20,22). The van der Waals surface area contributed by atoms with Gasteiger partial charge in [-0.25, -0.2) is 4.79 Å². The number of nitrogens with zero attached hydrogens (tertiary/aromatic N) is 1. The largest absolute Gasteiger partial charge is 0.344 e. The van der Waals surface area contributed by atoms with Crippen LogP contribution in [0.3, 0.4) is 0 Å². The molecule has 2 aliphatic rings. The zero-order valence-electron chi connectivity index (χ0n) is 13.1. The number of carbonyl (C=O) groups excluding carboxylic acids is 3. The second kappa shape index (κ2) is 6.26. The minimum atomic E-state index is -0.900. The van der Waals surface area contributed by atoms with Gasteiger partial charge in [-0.3, -0.25) is 15.0 Å². The number of hydrazine groups is 1. The molecule has 2 N–H and O–H groups in total. The van der Waals surface area contributed by atoms with Gasteiger partial charge in [-0.05, 0) is 49.8 Å². The van der Waals surface area contributed by atoms with Crippen molar-refractivity contribution in [3.8, 4) is 0 Å². The highest BCUT2D eigenvalue weighted by Crippen LogP contribution is 2.35. The Labute approximate surface area is 149 Å². The molecule has 4 amide bonds. The van der Waals surface area contributed by atoms with E-state index in [1.807, 2.05) is 0 Å². The molecule has 1 saturated heterocycles. The van der Waals surface area contributed by atoms with Crippen LogP contribution in [0.2, 0.25) is 10.0 Å². The number of benzene rings is 1. The second-order valence-corrected chi connectivity index (χ2v) is 7.31. The van der Waals surface area contributed by atoms with E-state index in [4.69, 9.17) is 23.2 Å². The average Bonchev–Trinajstić information content (AvgIpc) is 2.74. The van der Waals surface area contributed by atoms with Crippen LogP contribution in [-0.4, -0.2) is 28.4 Å². The quantitative estimate of drug-likeness (QED) is 0.785. The summed E-state index contributed by atoms with van der Waals surface area (Å²) < 4.78 is 0. The molecule has 24 heavy (non-hydrogen) atoms. The fourth-order valence-corrected chi connectivity index (χ4v) is 3.69. The molecular formula is C16H17Cl2N3O3. The Balaban J connectivity index is 1.76. The maximum absolute atomic E-state index is 12.7. The number of halogens is 2. The van der Waals surface area contributed by atoms with Gasteiger partial charge in [0, 0.05) is 15.6 Å². The number of hydrogen-bond acceptors (Lipinski definition) is 3. The molecule has 0 atom stereocenters. The number of rotatable bonds is 2. The Bertz CT molecular complexity index is 694. The lowest BCUT2D eigenvalue weighted by Gasteiger charge is -2.33. The highest BCUT2D eigenvalue weighted by Gasteiger charge is 2.52. The predicted molar refractivity (Wildman–Crippen MR) is 89.7 cm³/mol. The lowest BCUT2D eigenvalue weighted by atomic mass is 9.77. The molecule has 3 rings (SSSR count). The molecule has 1 heterocycles. The van der Waals surface area contributed by atoms with Gasteiger partial charge in [-0.15, -0.1) is 0 Å². The van der Waals surface area contributed by atoms with Crippen molar-refractivity contribution in [2.75, 3.05) is 0 Å². The number of amides is 4. The molecule has 0 unspecified atom stereocenters. The topological polar surface area (TPSA) is 78.5 Å². The lowest BCUT2D eigenvalue weighted by molar-refractivity contribution is -0.134. The van der Waals surface area contributed by atoms with Crippen molar-refractivity contribution in [1.29, 1.82) is 0 Å². The fourth-order valence-electron chi connectivity index (χ4n) is 3.17. The van der Waals surface area contributed by atoms with Gasteiger partial charge in [-0.2, -0.15) is 5.01 Å². The van der Waals surface area contributed by atoms with Gasteiger partial charge >= 0.3 is 6.03 Å². The maximum Gasteiger partial charge on any atom is 0.344 e. The van der Waals surface area contributed by atoms with Crippen LogP contribution in [0.5, 0.6) is 0 Å². The van der Waals surface area contributed by atoms with Crippen LogP contribution < -0.4 is 10.7 Å². The molecule has 128 valence electrons. The molecule has 2 fully saturated rings. The van der Waals surface area contributed by atoms with Crippen molar-refractivity contribution in [3.63, 3.8) is 0 Å². The minimum Gasteiger partial charge on any atom is -0.322 e. The first-order chi connectivity index (χ1) is 11.3. The van der Waals surface area contributed by atoms with Gasteiger partial charge in [0.15, 0.2) is 0 Å². The predicted octanol–water partition coefficient (Wildman–Crippen LogP) is 3.14. The van der Waals surface area contributed by atoms with Gasteiger partial charge < -0.3 is 5.32 Å². The summed E-state index contributed by atoms with van der Waals surface area (Å²) >= 11 is 11.7. The van der Waals surface area contributed by atoms with Crippen LogP contribution in [0, 0.1) is 5.92 Å². The number of nitrogens with one attached hydrogen (secondary N) is 2. The fraction of sp³-hybridized carbons (Fsp3) is 0.438. The molecule has 0 aromatic heterocycles. The molecule has 1 aromatic rings. The molecule has 0 radical (unpaired) electrons. The lowest BCUT2D eigenvalue weighted by Crippen LogP contribution is -2.51. The normalized spacial score (nSPS) is 26.6. The summed E-state index contributed by atoms with van der Waals surface area (Å²) in [5, 5.41) is 4.09. The smallest absolute Gasteiger partial charge is 0.322 e. The van der Waals surface area contributed by atoms with E-state index in [0.29, 0.717) is 28.8 Å². The Morgan fingerprint density at radius 1 is 1.21 bits per heavy atom. The molecule has 1 aliphatic carbocycles. The van der Waals surface area contributed by atoms with E-state index < -0.39 is 23.4 Å². The summed E-state index contributed by atoms with van der Waals surface area (Å²) in [7, 11) is 0. The van der Waals surface area contributed by atoms with Gasteiger partial charge in [0.25, 0.3) is 11.8 Å². The first-order valence-corrected chi connectivity index (χ1v) is 8.50. The number of urea groups is 1. The van der Waals surface area contributed by atoms with Crippen LogP contribution in [0.15, 0.2) is 18.2 Å². The van der Waals surface area contributed by atoms with Gasteiger partial charge in [0.2, 0.25) is 0 Å². The highest BCUT2D eigenvalue weighted by atomic mass is 35.5. The van der Waals surface area contributed by atoms with E-state index in [1.54, 1.807) is 0 Å². The van der Waals surface area contributed by atoms with Crippen molar-refractivity contribution >= 4 is 41.0 Å². The van der Waals surface area contributed by atoms with Gasteiger partial charge in [0.1, 0.15) is 5.54 Å². The van der Waals surface area contributed by atoms with Crippen molar-refractivity contribution in [1.82, 2.24) is 15.8 Å². The third kappa shape index (κ3) is 3.08. The second-order valence-electron chi connectivity index (χ2n) is 6.43. The number of carbonyl (C=O) groups is 3. The Morgan fingerprint density at radius 2 is 1.79 bits per heavy atom. The maximum atomic E-state index is 12.7. The molecule has 1 saturated carbocycles. The van der Waals surface area contributed by atoms with E-state index in [-0.39, 0.29) is 5.56 Å². The van der Waals surface area contributed by atoms with Crippen LogP contribution >= 0.6 is 23.2 Å². The number of hydrogen-bond donors (Lipinski definition) is 2. The molecule has 1 aliphatic heterocycles. The van der Waals surface area contributed by atoms with Crippen molar-refractivity contribution in [2.24, 2.45) is 5.92 Å². The third-order valence-electron chi connectivity index (χ3n) is 4.63. The van der Waals surface area contributed by atoms with E-state index in [1.165, 1.54) is 18.2 Å². The van der Waals surface area contributed by atoms with Crippen LogP contribution in [0.4, 0.5) is 4.79 Å². The summed E-state index contributed by atoms with van der Waals surface area (Å²) in [5.41, 5.74) is 1.62. The van der Waals surface area contributed by atoms with E-state index in [0.717, 1.165) is 17.9 Å². The van der Waals surface area contributed by atoms with Crippen LogP contribution in [0.25, 0.3) is 0 Å². The van der Waals surface area contributed by atoms with Crippen LogP contribution in [0.1, 0.15) is 43.0 Å². The first kappa shape index (κ1) is 17.0. The molecular weight excluding hydrogens is 353 g/mol. The van der Waals surface area contributed by atoms with E-state index in [9.17, 15) is 14.4 Å². The summed E-state index contributed by atoms with van der Waals surface area (Å²) in [6, 6.07) is 3.71. The van der Waals surface area contributed by atoms with E-state index in [2.05, 4.69) is 17.7 Å². The van der Waals surface area contributed by atoms with E-state index >= 15 is 0 Å². The molecule has 1 aromatic carbocycles. The first-order valence-electron chi connectivity index (χ1n) is 7.74. The van der Waals surface area contributed by atoms with Crippen molar-refractivity contribution in [2.45, 2.75) is 38.1 Å². The summed E-state index contributed by atoms with van der Waals surface area (Å²) in [5.74, 6) is -0.512. The summed E-state index contributed by atoms with van der Waals surface area (Å²) in [6.45, 7) is 2.12. The SMILES string of the molecule is CC1CCC2(CC1)NC(=O)N(NC(=O)c1cc(Cl)cc(Cl)c1)C2=O. The zero-order chi connectivity index (χ0) is 17.5. The minimum absolute atomic E-state index is 0.173. The Morgan fingerprint density at radius 3 is 2.38 bits per heavy atom. The van der Waals surface area contributed by atoms with Gasteiger partial charge in [-0.1, -0.05) is 30.1 Å². The Hall–Kier alpha value is -1.79. The molecule has 8 heteroatoms. The Kier molecular flexibility index (Phi) is 4.44. The number of imide groups is 1. The summed E-state index contributed by atoms with van der Waals surface area (Å²) in [6.07, 6.45) is 2.87. The van der Waals surface area contributed by atoms with Gasteiger partial charge in [0.05, 0.1) is 0 Å². The molecule has 6 nitrogen and oxygen atoms in total. The molecule has 1 spiro atoms. The molecule has 0 bridgehead atoms.